The fourth-order valence-corrected chi connectivity index (χ4v) is 2.47. The summed E-state index contributed by atoms with van der Waals surface area (Å²) in [5, 5.41) is 5.74. The molecule has 1 aromatic carbocycles. The fourth-order valence-electron chi connectivity index (χ4n) is 2.47. The lowest BCUT2D eigenvalue weighted by molar-refractivity contribution is -0.138. The van der Waals surface area contributed by atoms with Crippen LogP contribution in [0.2, 0.25) is 0 Å². The summed E-state index contributed by atoms with van der Waals surface area (Å²) in [5.74, 6) is -0.207. The van der Waals surface area contributed by atoms with E-state index in [0.717, 1.165) is 30.0 Å². The molecule has 0 aliphatic carbocycles. The van der Waals surface area contributed by atoms with Crippen LogP contribution in [-0.2, 0) is 9.59 Å². The summed E-state index contributed by atoms with van der Waals surface area (Å²) in [6.07, 6.45) is 0. The van der Waals surface area contributed by atoms with Gasteiger partial charge < -0.3 is 15.5 Å². The summed E-state index contributed by atoms with van der Waals surface area (Å²) in [4.78, 5) is 27.2. The Bertz CT molecular complexity index is 605. The predicted molar refractivity (Wildman–Crippen MR) is 105 cm³/mol. The first-order valence-corrected chi connectivity index (χ1v) is 9.08. The van der Waals surface area contributed by atoms with Crippen LogP contribution in [0, 0.1) is 18.3 Å². The van der Waals surface area contributed by atoms with Crippen molar-refractivity contribution in [1.82, 2.24) is 5.32 Å². The van der Waals surface area contributed by atoms with Crippen LogP contribution in [-0.4, -0.2) is 31.4 Å². The zero-order valence-corrected chi connectivity index (χ0v) is 16.7. The molecule has 0 aliphatic rings. The molecule has 0 saturated carbocycles. The number of benzene rings is 1. The third-order valence-corrected chi connectivity index (χ3v) is 4.39. The standard InChI is InChI=1S/C20H33N3O2/c1-8-23(9-2)16-10-11-17(15(5)12-16)22-19(25)20(6,7)18(24)21-13-14(3)4/h10-12,14H,8-9,13H2,1-7H3,(H,21,24)(H,22,25). The van der Waals surface area contributed by atoms with Crippen molar-refractivity contribution in [3.63, 3.8) is 0 Å². The Labute approximate surface area is 152 Å². The predicted octanol–water partition coefficient (Wildman–Crippen LogP) is 3.58. The topological polar surface area (TPSA) is 61.4 Å². The summed E-state index contributed by atoms with van der Waals surface area (Å²) in [5.41, 5.74) is 1.73. The van der Waals surface area contributed by atoms with Crippen LogP contribution in [0.5, 0.6) is 0 Å². The van der Waals surface area contributed by atoms with E-state index in [9.17, 15) is 9.59 Å². The normalized spacial score (nSPS) is 11.4. The molecule has 2 amide bonds. The van der Waals surface area contributed by atoms with Crippen molar-refractivity contribution in [2.45, 2.75) is 48.5 Å². The molecule has 1 aromatic rings. The van der Waals surface area contributed by atoms with Crippen LogP contribution in [0.15, 0.2) is 18.2 Å². The number of hydrogen-bond acceptors (Lipinski definition) is 3. The molecule has 140 valence electrons. The van der Waals surface area contributed by atoms with Gasteiger partial charge in [-0.05, 0) is 64.3 Å². The monoisotopic (exact) mass is 347 g/mol. The van der Waals surface area contributed by atoms with Crippen molar-refractivity contribution in [1.29, 1.82) is 0 Å². The van der Waals surface area contributed by atoms with E-state index in [1.807, 2.05) is 32.9 Å². The first kappa shape index (κ1) is 21.0. The van der Waals surface area contributed by atoms with Crippen molar-refractivity contribution < 1.29 is 9.59 Å². The molecule has 0 unspecified atom stereocenters. The number of rotatable bonds is 8. The lowest BCUT2D eigenvalue weighted by atomic mass is 9.90. The molecule has 0 aliphatic heterocycles. The smallest absolute Gasteiger partial charge is 0.239 e. The Morgan fingerprint density at radius 3 is 2.20 bits per heavy atom. The first-order chi connectivity index (χ1) is 11.6. The molecule has 2 N–H and O–H groups in total. The highest BCUT2D eigenvalue weighted by atomic mass is 16.2. The third-order valence-electron chi connectivity index (χ3n) is 4.39. The summed E-state index contributed by atoms with van der Waals surface area (Å²) < 4.78 is 0. The Kier molecular flexibility index (Phi) is 7.46. The average molecular weight is 348 g/mol. The highest BCUT2D eigenvalue weighted by molar-refractivity contribution is 6.10. The van der Waals surface area contributed by atoms with Crippen molar-refractivity contribution in [2.24, 2.45) is 11.3 Å². The molecular weight excluding hydrogens is 314 g/mol. The number of amides is 2. The quantitative estimate of drug-likeness (QED) is 0.707. The zero-order chi connectivity index (χ0) is 19.2. The van der Waals surface area contributed by atoms with Crippen molar-refractivity contribution in [3.8, 4) is 0 Å². The maximum absolute atomic E-state index is 12.6. The highest BCUT2D eigenvalue weighted by Crippen LogP contribution is 2.25. The van der Waals surface area contributed by atoms with Gasteiger partial charge >= 0.3 is 0 Å². The van der Waals surface area contributed by atoms with Crippen molar-refractivity contribution in [3.05, 3.63) is 23.8 Å². The van der Waals surface area contributed by atoms with Gasteiger partial charge in [-0.15, -0.1) is 0 Å². The lowest BCUT2D eigenvalue weighted by Crippen LogP contribution is -2.46. The van der Waals surface area contributed by atoms with Crippen LogP contribution in [0.4, 0.5) is 11.4 Å². The van der Waals surface area contributed by atoms with Gasteiger partial charge in [0.05, 0.1) is 0 Å². The van der Waals surface area contributed by atoms with Gasteiger partial charge in [0.15, 0.2) is 0 Å². The maximum atomic E-state index is 12.6. The molecule has 0 atom stereocenters. The average Bonchev–Trinajstić information content (AvgIpc) is 2.55. The number of aryl methyl sites for hydroxylation is 1. The highest BCUT2D eigenvalue weighted by Gasteiger charge is 2.36. The van der Waals surface area contributed by atoms with Gasteiger partial charge in [0.1, 0.15) is 5.41 Å². The zero-order valence-electron chi connectivity index (χ0n) is 16.7. The number of nitrogens with zero attached hydrogens (tertiary/aromatic N) is 1. The van der Waals surface area contributed by atoms with E-state index >= 15 is 0 Å². The van der Waals surface area contributed by atoms with E-state index in [0.29, 0.717) is 12.5 Å². The Balaban J connectivity index is 2.87. The Morgan fingerprint density at radius 2 is 1.72 bits per heavy atom. The van der Waals surface area contributed by atoms with Crippen LogP contribution < -0.4 is 15.5 Å². The van der Waals surface area contributed by atoms with E-state index in [1.165, 1.54) is 0 Å². The number of carbonyl (C=O) groups excluding carboxylic acids is 2. The minimum absolute atomic E-state index is 0.254. The molecular formula is C20H33N3O2. The molecule has 0 heterocycles. The lowest BCUT2D eigenvalue weighted by Gasteiger charge is -2.25. The number of nitrogens with one attached hydrogen (secondary N) is 2. The second-order valence-corrected chi connectivity index (χ2v) is 7.35. The largest absolute Gasteiger partial charge is 0.372 e. The SMILES string of the molecule is CCN(CC)c1ccc(NC(=O)C(C)(C)C(=O)NCC(C)C)c(C)c1. The number of anilines is 2. The van der Waals surface area contributed by atoms with E-state index in [4.69, 9.17) is 0 Å². The molecule has 0 spiro atoms. The molecule has 25 heavy (non-hydrogen) atoms. The maximum Gasteiger partial charge on any atom is 0.239 e. The van der Waals surface area contributed by atoms with Crippen LogP contribution in [0.25, 0.3) is 0 Å². The molecule has 0 fully saturated rings. The fraction of sp³-hybridized carbons (Fsp3) is 0.600. The molecule has 5 nitrogen and oxygen atoms in total. The molecule has 5 heteroatoms. The van der Waals surface area contributed by atoms with Gasteiger partial charge in [0.25, 0.3) is 0 Å². The van der Waals surface area contributed by atoms with Gasteiger partial charge in [-0.25, -0.2) is 0 Å². The van der Waals surface area contributed by atoms with Gasteiger partial charge in [-0.2, -0.15) is 0 Å². The second kappa shape index (κ2) is 8.88. The van der Waals surface area contributed by atoms with Gasteiger partial charge in [-0.3, -0.25) is 9.59 Å². The summed E-state index contributed by atoms with van der Waals surface area (Å²) >= 11 is 0. The summed E-state index contributed by atoms with van der Waals surface area (Å²) in [6, 6.07) is 5.97. The van der Waals surface area contributed by atoms with Gasteiger partial charge in [-0.1, -0.05) is 13.8 Å². The van der Waals surface area contributed by atoms with Crippen molar-refractivity contribution >= 4 is 23.2 Å². The Morgan fingerprint density at radius 1 is 1.12 bits per heavy atom. The number of hydrogen-bond donors (Lipinski definition) is 2. The summed E-state index contributed by atoms with van der Waals surface area (Å²) in [6.45, 7) is 16.0. The van der Waals surface area contributed by atoms with Gasteiger partial charge in [0.2, 0.25) is 11.8 Å². The molecule has 0 bridgehead atoms. The van der Waals surface area contributed by atoms with Gasteiger partial charge in [0, 0.05) is 31.0 Å². The van der Waals surface area contributed by atoms with Crippen LogP contribution >= 0.6 is 0 Å². The Hall–Kier alpha value is -2.04. The molecule has 0 aromatic heterocycles. The first-order valence-electron chi connectivity index (χ1n) is 9.08. The van der Waals surface area contributed by atoms with E-state index in [2.05, 4.69) is 35.4 Å². The minimum atomic E-state index is -1.13. The number of carbonyl (C=O) groups is 2. The van der Waals surface area contributed by atoms with E-state index < -0.39 is 5.41 Å². The molecule has 0 saturated heterocycles. The van der Waals surface area contributed by atoms with Crippen LogP contribution in [0.3, 0.4) is 0 Å². The molecule has 0 radical (unpaired) electrons. The second-order valence-electron chi connectivity index (χ2n) is 7.35. The van der Waals surface area contributed by atoms with Crippen molar-refractivity contribution in [2.75, 3.05) is 29.9 Å². The molecule has 1 rings (SSSR count). The van der Waals surface area contributed by atoms with E-state index in [-0.39, 0.29) is 11.8 Å². The van der Waals surface area contributed by atoms with E-state index in [1.54, 1.807) is 13.8 Å². The third kappa shape index (κ3) is 5.48. The minimum Gasteiger partial charge on any atom is -0.372 e. The van der Waals surface area contributed by atoms with Crippen LogP contribution in [0.1, 0.15) is 47.1 Å². The summed E-state index contributed by atoms with van der Waals surface area (Å²) in [7, 11) is 0.